The normalized spacial score (nSPS) is 17.7. The van der Waals surface area contributed by atoms with E-state index in [9.17, 15) is 18.4 Å². The first-order chi connectivity index (χ1) is 16.9. The molecule has 1 saturated carbocycles. The fraction of sp³-hybridized carbons (Fsp3) is 0.542. The van der Waals surface area contributed by atoms with Crippen molar-refractivity contribution in [1.82, 2.24) is 10.3 Å². The van der Waals surface area contributed by atoms with Crippen molar-refractivity contribution < 1.29 is 37.0 Å². The summed E-state index contributed by atoms with van der Waals surface area (Å²) in [5.74, 6) is -0.0386. The van der Waals surface area contributed by atoms with E-state index in [4.69, 9.17) is 19.6 Å². The van der Waals surface area contributed by atoms with E-state index in [1.165, 1.54) is 18.2 Å². The quantitative estimate of drug-likeness (QED) is 0.311. The van der Waals surface area contributed by atoms with Gasteiger partial charge in [0.15, 0.2) is 29.1 Å². The third-order valence-corrected chi connectivity index (χ3v) is 6.15. The molecule has 9 nitrogen and oxygen atoms in total. The number of rotatable bonds is 12. The minimum atomic E-state index is -3.01. The van der Waals surface area contributed by atoms with E-state index < -0.39 is 24.5 Å². The monoisotopic (exact) mass is 529 g/mol. The second kappa shape index (κ2) is 12.5. The molecule has 12 heteroatoms. The molecule has 2 fully saturated rings. The maximum Gasteiger partial charge on any atom is 0.387 e. The zero-order valence-corrected chi connectivity index (χ0v) is 20.6. The van der Waals surface area contributed by atoms with E-state index in [0.29, 0.717) is 44.0 Å². The van der Waals surface area contributed by atoms with Crippen LogP contribution in [0.5, 0.6) is 11.5 Å². The number of nitrogens with two attached hydrogens (primary N) is 1. The van der Waals surface area contributed by atoms with Crippen LogP contribution in [0.15, 0.2) is 22.6 Å². The number of aromatic nitrogens is 1. The number of nitrogens with zero attached hydrogens (tertiary/aromatic N) is 1. The van der Waals surface area contributed by atoms with Crippen LogP contribution in [0, 0.1) is 11.8 Å². The second-order valence-corrected chi connectivity index (χ2v) is 8.92. The Morgan fingerprint density at radius 1 is 1.25 bits per heavy atom. The molecule has 2 atom stereocenters. The number of carbonyl (C=O) groups excluding carboxylic acids is 2. The fourth-order valence-electron chi connectivity index (χ4n) is 4.11. The van der Waals surface area contributed by atoms with Crippen LogP contribution in [0.25, 0.3) is 11.5 Å². The zero-order valence-electron chi connectivity index (χ0n) is 19.8. The van der Waals surface area contributed by atoms with E-state index in [1.807, 2.05) is 0 Å². The molecule has 198 valence electrons. The zero-order chi connectivity index (χ0) is 24.9. The number of halogens is 3. The van der Waals surface area contributed by atoms with Crippen molar-refractivity contribution in [2.45, 2.75) is 51.4 Å². The Bertz CT molecular complexity index is 1040. The summed E-state index contributed by atoms with van der Waals surface area (Å²) in [4.78, 5) is 29.0. The molecule has 0 radical (unpaired) electrons. The fourth-order valence-corrected chi connectivity index (χ4v) is 4.11. The molecule has 1 aliphatic heterocycles. The SMILES string of the molecule is CC(N)c1oc(-c2ccc(OC(F)F)c(OCC3CC3)c2)nc1C(=O)C(OC=O)C1CCNCC1.Cl. The molecule has 0 bridgehead atoms. The summed E-state index contributed by atoms with van der Waals surface area (Å²) in [6.07, 6.45) is 2.36. The van der Waals surface area contributed by atoms with Gasteiger partial charge in [-0.2, -0.15) is 8.78 Å². The highest BCUT2D eigenvalue weighted by Crippen LogP contribution is 2.37. The number of oxazole rings is 1. The maximum atomic E-state index is 13.4. The van der Waals surface area contributed by atoms with Gasteiger partial charge >= 0.3 is 6.61 Å². The van der Waals surface area contributed by atoms with Crippen molar-refractivity contribution in [2.24, 2.45) is 17.6 Å². The first-order valence-corrected chi connectivity index (χ1v) is 11.7. The Hall–Kier alpha value is -2.76. The van der Waals surface area contributed by atoms with Crippen LogP contribution in [-0.4, -0.2) is 49.7 Å². The van der Waals surface area contributed by atoms with Gasteiger partial charge in [0.2, 0.25) is 11.7 Å². The summed E-state index contributed by atoms with van der Waals surface area (Å²) in [6.45, 7) is 0.692. The number of carbonyl (C=O) groups is 2. The van der Waals surface area contributed by atoms with Crippen molar-refractivity contribution in [3.63, 3.8) is 0 Å². The summed E-state index contributed by atoms with van der Waals surface area (Å²) in [6, 6.07) is 3.64. The topological polar surface area (TPSA) is 126 Å². The van der Waals surface area contributed by atoms with Crippen molar-refractivity contribution in [3.05, 3.63) is 29.7 Å². The maximum absolute atomic E-state index is 13.4. The molecule has 36 heavy (non-hydrogen) atoms. The minimum absolute atomic E-state index is 0. The summed E-state index contributed by atoms with van der Waals surface area (Å²) in [5, 5.41) is 3.21. The number of piperidine rings is 1. The summed E-state index contributed by atoms with van der Waals surface area (Å²) >= 11 is 0. The number of Topliss-reactive ketones (excluding diaryl/α,β-unsaturated/α-hetero) is 1. The van der Waals surface area contributed by atoms with Crippen LogP contribution in [0.1, 0.15) is 54.9 Å². The standard InChI is InChI=1S/C24H29F2N3O6.ClH/c1-13(27)21-19(20(31)22(33-12-30)15-6-8-28-9-7-15)29-23(35-21)16-4-5-17(34-24(25)26)18(10-16)32-11-14-2-3-14;/h4-5,10,12-15,22,24,28H,2-3,6-9,11,27H2,1H3;1H. The lowest BCUT2D eigenvalue weighted by molar-refractivity contribution is -0.134. The summed E-state index contributed by atoms with van der Waals surface area (Å²) < 4.78 is 47.1. The Morgan fingerprint density at radius 2 is 1.97 bits per heavy atom. The predicted octanol–water partition coefficient (Wildman–Crippen LogP) is 3.90. The molecule has 0 spiro atoms. The van der Waals surface area contributed by atoms with E-state index in [2.05, 4.69) is 15.0 Å². The average molecular weight is 530 g/mol. The van der Waals surface area contributed by atoms with Crippen LogP contribution in [-0.2, 0) is 9.53 Å². The molecular weight excluding hydrogens is 500 g/mol. The lowest BCUT2D eigenvalue weighted by Crippen LogP contribution is -2.40. The van der Waals surface area contributed by atoms with Crippen molar-refractivity contribution in [1.29, 1.82) is 0 Å². The molecule has 2 aliphatic rings. The van der Waals surface area contributed by atoms with Crippen molar-refractivity contribution >= 4 is 24.7 Å². The van der Waals surface area contributed by atoms with Crippen LogP contribution >= 0.6 is 12.4 Å². The van der Waals surface area contributed by atoms with Gasteiger partial charge in [0, 0.05) is 11.5 Å². The second-order valence-electron chi connectivity index (χ2n) is 8.92. The van der Waals surface area contributed by atoms with Crippen LogP contribution in [0.2, 0.25) is 0 Å². The first kappa shape index (κ1) is 27.8. The molecule has 1 saturated heterocycles. The van der Waals surface area contributed by atoms with Gasteiger partial charge in [-0.05, 0) is 69.8 Å². The first-order valence-electron chi connectivity index (χ1n) is 11.7. The van der Waals surface area contributed by atoms with E-state index in [0.717, 1.165) is 12.8 Å². The Morgan fingerprint density at radius 3 is 2.58 bits per heavy atom. The summed E-state index contributed by atoms with van der Waals surface area (Å²) in [5.41, 5.74) is 6.44. The third kappa shape index (κ3) is 6.71. The number of hydrogen-bond donors (Lipinski definition) is 2. The molecule has 1 aliphatic carbocycles. The largest absolute Gasteiger partial charge is 0.489 e. The van der Waals surface area contributed by atoms with Gasteiger partial charge in [-0.3, -0.25) is 9.59 Å². The Kier molecular flexibility index (Phi) is 9.63. The molecule has 1 aromatic carbocycles. The molecule has 2 unspecified atom stereocenters. The number of alkyl halides is 2. The number of hydrogen-bond acceptors (Lipinski definition) is 9. The van der Waals surface area contributed by atoms with Crippen molar-refractivity contribution in [2.75, 3.05) is 19.7 Å². The molecule has 0 amide bonds. The van der Waals surface area contributed by atoms with Gasteiger partial charge in [0.05, 0.1) is 12.6 Å². The Balaban J connectivity index is 0.00000361. The van der Waals surface area contributed by atoms with Crippen LogP contribution in [0.4, 0.5) is 8.78 Å². The molecular formula is C24H30ClF2N3O6. The lowest BCUT2D eigenvalue weighted by atomic mass is 9.88. The van der Waals surface area contributed by atoms with E-state index >= 15 is 0 Å². The highest BCUT2D eigenvalue weighted by molar-refractivity contribution is 6.00. The molecule has 2 heterocycles. The number of nitrogens with one attached hydrogen (secondary N) is 1. The molecule has 4 rings (SSSR count). The van der Waals surface area contributed by atoms with Gasteiger partial charge in [-0.15, -0.1) is 12.4 Å². The predicted molar refractivity (Wildman–Crippen MR) is 128 cm³/mol. The number of ether oxygens (including phenoxy) is 3. The van der Waals surface area contributed by atoms with Gasteiger partial charge in [0.1, 0.15) is 0 Å². The minimum Gasteiger partial charge on any atom is -0.489 e. The van der Waals surface area contributed by atoms with Crippen molar-refractivity contribution in [3.8, 4) is 23.0 Å². The van der Waals surface area contributed by atoms with Crippen LogP contribution in [0.3, 0.4) is 0 Å². The molecule has 2 aromatic rings. The third-order valence-electron chi connectivity index (χ3n) is 6.15. The highest BCUT2D eigenvalue weighted by atomic mass is 35.5. The Labute approximate surface area is 213 Å². The van der Waals surface area contributed by atoms with Gasteiger partial charge in [-0.1, -0.05) is 0 Å². The lowest BCUT2D eigenvalue weighted by Gasteiger charge is -2.28. The van der Waals surface area contributed by atoms with Gasteiger partial charge < -0.3 is 29.7 Å². The van der Waals surface area contributed by atoms with Gasteiger partial charge in [0.25, 0.3) is 6.47 Å². The summed E-state index contributed by atoms with van der Waals surface area (Å²) in [7, 11) is 0. The smallest absolute Gasteiger partial charge is 0.387 e. The van der Waals surface area contributed by atoms with Gasteiger partial charge in [-0.25, -0.2) is 4.98 Å². The number of ketones is 1. The molecule has 1 aromatic heterocycles. The average Bonchev–Trinajstić information content (AvgIpc) is 3.56. The highest BCUT2D eigenvalue weighted by Gasteiger charge is 2.36. The number of benzene rings is 1. The van der Waals surface area contributed by atoms with Crippen LogP contribution < -0.4 is 20.5 Å². The van der Waals surface area contributed by atoms with E-state index in [-0.39, 0.29) is 53.6 Å². The van der Waals surface area contributed by atoms with E-state index in [1.54, 1.807) is 6.92 Å². The molecule has 3 N–H and O–H groups in total.